The van der Waals surface area contributed by atoms with Gasteiger partial charge in [0.1, 0.15) is 28.9 Å². The van der Waals surface area contributed by atoms with Crippen LogP contribution in [0.15, 0.2) is 35.4 Å². The lowest BCUT2D eigenvalue weighted by Crippen LogP contribution is -2.18. The van der Waals surface area contributed by atoms with Crippen molar-refractivity contribution < 1.29 is 40.3 Å². The van der Waals surface area contributed by atoms with Crippen LogP contribution < -0.4 is 10.0 Å². The van der Waals surface area contributed by atoms with Gasteiger partial charge >= 0.3 is 5.97 Å². The molecule has 4 aromatic rings. The van der Waals surface area contributed by atoms with Crippen molar-refractivity contribution in [1.82, 2.24) is 20.5 Å². The summed E-state index contributed by atoms with van der Waals surface area (Å²) in [7, 11) is -3.34. The largest absolute Gasteiger partial charge is 0.458 e. The third-order valence-corrected chi connectivity index (χ3v) is 7.81. The molecule has 1 aliphatic rings. The number of amides is 1. The molecule has 15 heteroatoms. The number of carbonyl (C=O) groups excluding carboxylic acids is 2. The fraction of sp³-hybridized carbons (Fsp3) is 0.200. The number of pyridine rings is 1. The first-order valence-electron chi connectivity index (χ1n) is 11.7. The van der Waals surface area contributed by atoms with Crippen LogP contribution >= 0.6 is 0 Å². The Morgan fingerprint density at radius 1 is 1.12 bits per heavy atom. The molecule has 0 radical (unpaired) electrons. The number of fused-ring (bicyclic) bond motifs is 2. The number of esters is 1. The fourth-order valence-electron chi connectivity index (χ4n) is 4.64. The van der Waals surface area contributed by atoms with Gasteiger partial charge in [-0.15, -0.1) is 0 Å². The van der Waals surface area contributed by atoms with E-state index in [4.69, 9.17) is 4.74 Å². The fourth-order valence-corrected chi connectivity index (χ4v) is 6.01. The van der Waals surface area contributed by atoms with Gasteiger partial charge in [-0.2, -0.15) is 5.10 Å². The highest BCUT2D eigenvalue weighted by molar-refractivity contribution is 7.92. The Labute approximate surface area is 223 Å². The van der Waals surface area contributed by atoms with E-state index in [1.54, 1.807) is 0 Å². The summed E-state index contributed by atoms with van der Waals surface area (Å²) in [6, 6.07) is 3.28. The number of halogens is 4. The average Bonchev–Trinajstić information content (AvgIpc) is 3.50. The Kier molecular flexibility index (Phi) is 6.69. The molecule has 0 saturated heterocycles. The smallest absolute Gasteiger partial charge is 0.303 e. The summed E-state index contributed by atoms with van der Waals surface area (Å²) in [6.07, 6.45) is 0.464. The molecule has 0 saturated carbocycles. The summed E-state index contributed by atoms with van der Waals surface area (Å²) in [4.78, 5) is 26.6. The Hall–Kier alpha value is -4.53. The van der Waals surface area contributed by atoms with Gasteiger partial charge < -0.3 is 10.1 Å². The summed E-state index contributed by atoms with van der Waals surface area (Å²) in [5, 5.41) is 8.26. The number of benzene rings is 2. The van der Waals surface area contributed by atoms with Gasteiger partial charge in [0, 0.05) is 20.2 Å². The van der Waals surface area contributed by atoms with Crippen LogP contribution in [0.5, 0.6) is 0 Å². The monoisotopic (exact) mass is 577 g/mol. The normalized spacial score (nSPS) is 14.7. The van der Waals surface area contributed by atoms with E-state index in [1.165, 1.54) is 7.05 Å². The highest BCUT2D eigenvalue weighted by atomic mass is 32.2. The van der Waals surface area contributed by atoms with Crippen LogP contribution in [-0.2, 0) is 26.0 Å². The van der Waals surface area contributed by atoms with Gasteiger partial charge in [-0.3, -0.25) is 24.4 Å². The molecular weight excluding hydrogens is 558 g/mol. The SMILES string of the molecule is CNC(=O)c1n[nH]c2c(F)c(-c3c(F)ccc(NS(=O)(=O)c4cc(F)cc5c4CCC5OC(C)=O)c3F)ncc12. The number of aromatic nitrogens is 3. The molecule has 0 fully saturated rings. The van der Waals surface area contributed by atoms with Crippen molar-refractivity contribution >= 4 is 38.5 Å². The van der Waals surface area contributed by atoms with Gasteiger partial charge in [0.25, 0.3) is 15.9 Å². The quantitative estimate of drug-likeness (QED) is 0.233. The van der Waals surface area contributed by atoms with Gasteiger partial charge in [-0.1, -0.05) is 0 Å². The van der Waals surface area contributed by atoms with Gasteiger partial charge in [-0.05, 0) is 48.2 Å². The molecule has 0 spiro atoms. The highest BCUT2D eigenvalue weighted by Gasteiger charge is 2.33. The predicted octanol–water partition coefficient (Wildman–Crippen LogP) is 3.89. The number of nitrogens with one attached hydrogen (secondary N) is 3. The maximum atomic E-state index is 15.6. The Balaban J connectivity index is 1.56. The minimum Gasteiger partial charge on any atom is -0.458 e. The first-order chi connectivity index (χ1) is 18.9. The molecule has 0 aliphatic heterocycles. The molecule has 1 unspecified atom stereocenters. The van der Waals surface area contributed by atoms with E-state index in [0.717, 1.165) is 31.3 Å². The molecule has 10 nitrogen and oxygen atoms in total. The lowest BCUT2D eigenvalue weighted by atomic mass is 10.1. The second-order valence-electron chi connectivity index (χ2n) is 8.86. The van der Waals surface area contributed by atoms with Crippen LogP contribution in [0.4, 0.5) is 23.2 Å². The van der Waals surface area contributed by atoms with Crippen LogP contribution in [0.2, 0.25) is 0 Å². The third-order valence-electron chi connectivity index (χ3n) is 6.38. The standard InChI is InChI=1S/C25H19F4N5O5S/c1-10(35)39-17-6-3-12-13(17)7-11(26)8-18(12)40(37,38)34-16-5-4-15(27)19(20(16)28)24-21(29)22-14(9-31-24)23(33-32-22)25(36)30-2/h4-5,7-9,17,34H,3,6H2,1-2H3,(H,30,36)(H,32,33). The minimum atomic E-state index is -4.67. The summed E-state index contributed by atoms with van der Waals surface area (Å²) in [5.74, 6) is -6.22. The zero-order chi connectivity index (χ0) is 28.9. The highest BCUT2D eigenvalue weighted by Crippen LogP contribution is 2.40. The molecule has 5 rings (SSSR count). The van der Waals surface area contributed by atoms with Crippen LogP contribution in [-0.4, -0.2) is 42.5 Å². The van der Waals surface area contributed by atoms with Gasteiger partial charge in [-0.25, -0.2) is 26.0 Å². The molecule has 1 amide bonds. The minimum absolute atomic E-state index is 0.0507. The maximum Gasteiger partial charge on any atom is 0.303 e. The predicted molar refractivity (Wildman–Crippen MR) is 133 cm³/mol. The molecule has 2 aromatic carbocycles. The van der Waals surface area contributed by atoms with Gasteiger partial charge in [0.2, 0.25) is 0 Å². The first-order valence-corrected chi connectivity index (χ1v) is 13.2. The second kappa shape index (κ2) is 9.89. The number of hydrogen-bond donors (Lipinski definition) is 3. The summed E-state index contributed by atoms with van der Waals surface area (Å²) in [6.45, 7) is 1.16. The molecular formula is C25H19F4N5O5S. The van der Waals surface area contributed by atoms with Crippen LogP contribution in [0, 0.1) is 23.3 Å². The Bertz CT molecular complexity index is 1830. The van der Waals surface area contributed by atoms with E-state index in [9.17, 15) is 26.8 Å². The Morgan fingerprint density at radius 2 is 1.88 bits per heavy atom. The number of rotatable bonds is 6. The van der Waals surface area contributed by atoms with Crippen molar-refractivity contribution in [3.63, 3.8) is 0 Å². The Morgan fingerprint density at radius 3 is 2.58 bits per heavy atom. The van der Waals surface area contributed by atoms with E-state index >= 15 is 8.78 Å². The molecule has 1 atom stereocenters. The number of carbonyl (C=O) groups is 2. The molecule has 0 bridgehead atoms. The van der Waals surface area contributed by atoms with Crippen molar-refractivity contribution in [2.45, 2.75) is 30.8 Å². The van der Waals surface area contributed by atoms with Crippen molar-refractivity contribution in [2.24, 2.45) is 0 Å². The number of H-pyrrole nitrogens is 1. The van der Waals surface area contributed by atoms with Crippen molar-refractivity contribution in [2.75, 3.05) is 11.8 Å². The number of hydrogen-bond acceptors (Lipinski definition) is 7. The van der Waals surface area contributed by atoms with E-state index in [1.807, 2.05) is 4.72 Å². The first kappa shape index (κ1) is 27.1. The lowest BCUT2D eigenvalue weighted by molar-refractivity contribution is -0.146. The molecule has 208 valence electrons. The molecule has 2 heterocycles. The van der Waals surface area contributed by atoms with Gasteiger partial charge in [0.05, 0.1) is 21.5 Å². The topological polar surface area (TPSA) is 143 Å². The number of anilines is 1. The number of nitrogens with zero attached hydrogens (tertiary/aromatic N) is 2. The molecule has 40 heavy (non-hydrogen) atoms. The maximum absolute atomic E-state index is 15.6. The van der Waals surface area contributed by atoms with Crippen LogP contribution in [0.25, 0.3) is 22.2 Å². The van der Waals surface area contributed by atoms with Gasteiger partial charge in [0.15, 0.2) is 17.3 Å². The van der Waals surface area contributed by atoms with Crippen molar-refractivity contribution in [3.05, 3.63) is 70.6 Å². The van der Waals surface area contributed by atoms with E-state index in [0.29, 0.717) is 6.07 Å². The molecule has 1 aliphatic carbocycles. The summed E-state index contributed by atoms with van der Waals surface area (Å²) in [5.41, 5.74) is -2.79. The number of sulfonamides is 1. The molecule has 3 N–H and O–H groups in total. The average molecular weight is 578 g/mol. The van der Waals surface area contributed by atoms with Crippen LogP contribution in [0.3, 0.4) is 0 Å². The summed E-state index contributed by atoms with van der Waals surface area (Å²) < 4.78 is 93.8. The van der Waals surface area contributed by atoms with E-state index in [2.05, 4.69) is 20.5 Å². The zero-order valence-electron chi connectivity index (χ0n) is 20.7. The number of ether oxygens (including phenoxy) is 1. The third kappa shape index (κ3) is 4.51. The lowest BCUT2D eigenvalue weighted by Gasteiger charge is -2.16. The summed E-state index contributed by atoms with van der Waals surface area (Å²) >= 11 is 0. The van der Waals surface area contributed by atoms with Crippen LogP contribution in [0.1, 0.15) is 41.1 Å². The van der Waals surface area contributed by atoms with E-state index in [-0.39, 0.29) is 40.6 Å². The molecule has 2 aromatic heterocycles. The second-order valence-corrected chi connectivity index (χ2v) is 10.5. The zero-order valence-corrected chi connectivity index (χ0v) is 21.6. The van der Waals surface area contributed by atoms with E-state index < -0.39 is 73.1 Å². The van der Waals surface area contributed by atoms with Crippen molar-refractivity contribution in [3.8, 4) is 11.3 Å². The number of aromatic amines is 1. The van der Waals surface area contributed by atoms with Crippen molar-refractivity contribution in [1.29, 1.82) is 0 Å².